The van der Waals surface area contributed by atoms with E-state index in [1.54, 1.807) is 0 Å². The van der Waals surface area contributed by atoms with E-state index in [2.05, 4.69) is 42.7 Å². The number of aryl methyl sites for hydroxylation is 1. The highest BCUT2D eigenvalue weighted by atomic mass is 14.9. The van der Waals surface area contributed by atoms with Crippen LogP contribution >= 0.6 is 0 Å². The maximum absolute atomic E-state index is 3.80. The van der Waals surface area contributed by atoms with Gasteiger partial charge < -0.3 is 10.6 Å². The fraction of sp³-hybridized carbons (Fsp3) is 0.667. The predicted molar refractivity (Wildman–Crippen MR) is 86.1 cm³/mol. The molecular weight excluding hydrogens is 244 g/mol. The highest BCUT2D eigenvalue weighted by Crippen LogP contribution is 2.30. The van der Waals surface area contributed by atoms with Gasteiger partial charge in [-0.1, -0.05) is 32.0 Å². The van der Waals surface area contributed by atoms with Crippen molar-refractivity contribution in [3.8, 4) is 0 Å². The number of nitrogens with one attached hydrogen (secondary N) is 2. The Morgan fingerprint density at radius 2 is 2.10 bits per heavy atom. The topological polar surface area (TPSA) is 24.1 Å². The molecule has 1 aliphatic carbocycles. The molecule has 0 radical (unpaired) electrons. The zero-order chi connectivity index (χ0) is 13.9. The van der Waals surface area contributed by atoms with Crippen LogP contribution in [-0.2, 0) is 13.0 Å². The fourth-order valence-corrected chi connectivity index (χ4v) is 3.72. The Morgan fingerprint density at radius 3 is 2.95 bits per heavy atom. The lowest BCUT2D eigenvalue weighted by atomic mass is 9.79. The first kappa shape index (κ1) is 13.9. The second kappa shape index (κ2) is 6.17. The Labute approximate surface area is 123 Å². The van der Waals surface area contributed by atoms with E-state index >= 15 is 0 Å². The fourth-order valence-electron chi connectivity index (χ4n) is 3.72. The summed E-state index contributed by atoms with van der Waals surface area (Å²) >= 11 is 0. The number of rotatable bonds is 3. The van der Waals surface area contributed by atoms with Crippen LogP contribution in [0.1, 0.15) is 50.7 Å². The summed E-state index contributed by atoms with van der Waals surface area (Å²) in [5, 5.41) is 7.39. The molecule has 0 spiro atoms. The van der Waals surface area contributed by atoms with Crippen LogP contribution in [0, 0.1) is 11.8 Å². The molecule has 2 heteroatoms. The summed E-state index contributed by atoms with van der Waals surface area (Å²) < 4.78 is 0. The molecule has 1 aromatic rings. The van der Waals surface area contributed by atoms with Crippen LogP contribution < -0.4 is 10.6 Å². The quantitative estimate of drug-likeness (QED) is 0.870. The van der Waals surface area contributed by atoms with Gasteiger partial charge >= 0.3 is 0 Å². The largest absolute Gasteiger partial charge is 0.385 e. The van der Waals surface area contributed by atoms with Crippen molar-refractivity contribution in [3.05, 3.63) is 29.3 Å². The van der Waals surface area contributed by atoms with Gasteiger partial charge in [0.25, 0.3) is 0 Å². The van der Waals surface area contributed by atoms with E-state index in [4.69, 9.17) is 0 Å². The molecule has 20 heavy (non-hydrogen) atoms. The Hall–Kier alpha value is -1.02. The zero-order valence-corrected chi connectivity index (χ0v) is 12.9. The second-order valence-electron chi connectivity index (χ2n) is 6.83. The van der Waals surface area contributed by atoms with Crippen LogP contribution in [0.4, 0.5) is 5.69 Å². The van der Waals surface area contributed by atoms with E-state index in [1.165, 1.54) is 48.9 Å². The van der Waals surface area contributed by atoms with Crippen molar-refractivity contribution in [1.82, 2.24) is 5.32 Å². The van der Waals surface area contributed by atoms with Gasteiger partial charge in [0, 0.05) is 24.8 Å². The third-order valence-corrected chi connectivity index (χ3v) is 5.34. The molecule has 0 amide bonds. The standard InChI is InChI=1S/C18H28N2/c1-13-8-9-17(11-14(13)2)20-12-16-6-3-5-15-7-4-10-19-18(15)16/h3,5-6,13-14,17,19-20H,4,7-12H2,1-2H3. The number of benzene rings is 1. The Kier molecular flexibility index (Phi) is 4.30. The number of fused-ring (bicyclic) bond motifs is 1. The molecule has 1 aromatic carbocycles. The van der Waals surface area contributed by atoms with Gasteiger partial charge in [0.2, 0.25) is 0 Å². The van der Waals surface area contributed by atoms with E-state index in [0.717, 1.165) is 24.9 Å². The second-order valence-corrected chi connectivity index (χ2v) is 6.83. The molecule has 2 nitrogen and oxygen atoms in total. The van der Waals surface area contributed by atoms with Gasteiger partial charge in [-0.15, -0.1) is 0 Å². The summed E-state index contributed by atoms with van der Waals surface area (Å²) in [4.78, 5) is 0. The van der Waals surface area contributed by atoms with Crippen molar-refractivity contribution in [1.29, 1.82) is 0 Å². The molecule has 2 N–H and O–H groups in total. The van der Waals surface area contributed by atoms with Gasteiger partial charge in [0.15, 0.2) is 0 Å². The number of hydrogen-bond donors (Lipinski definition) is 2. The Bertz CT molecular complexity index is 455. The van der Waals surface area contributed by atoms with E-state index in [-0.39, 0.29) is 0 Å². The summed E-state index contributed by atoms with van der Waals surface area (Å²) in [6.07, 6.45) is 6.55. The van der Waals surface area contributed by atoms with Crippen LogP contribution in [0.15, 0.2) is 18.2 Å². The minimum atomic E-state index is 0.709. The van der Waals surface area contributed by atoms with E-state index < -0.39 is 0 Å². The summed E-state index contributed by atoms with van der Waals surface area (Å²) in [5.41, 5.74) is 4.36. The van der Waals surface area contributed by atoms with Crippen LogP contribution in [0.3, 0.4) is 0 Å². The van der Waals surface area contributed by atoms with Gasteiger partial charge in [-0.05, 0) is 55.1 Å². The third-order valence-electron chi connectivity index (χ3n) is 5.34. The van der Waals surface area contributed by atoms with Gasteiger partial charge in [-0.2, -0.15) is 0 Å². The molecule has 1 aliphatic heterocycles. The van der Waals surface area contributed by atoms with Crippen molar-refractivity contribution < 1.29 is 0 Å². The first-order valence-corrected chi connectivity index (χ1v) is 8.32. The lowest BCUT2D eigenvalue weighted by Gasteiger charge is -2.33. The maximum atomic E-state index is 3.80. The van der Waals surface area contributed by atoms with Crippen molar-refractivity contribution in [2.45, 2.75) is 58.5 Å². The normalized spacial score (nSPS) is 29.6. The first-order valence-electron chi connectivity index (χ1n) is 8.32. The van der Waals surface area contributed by atoms with Crippen LogP contribution in [-0.4, -0.2) is 12.6 Å². The first-order chi connectivity index (χ1) is 9.74. The lowest BCUT2D eigenvalue weighted by molar-refractivity contribution is 0.225. The molecule has 0 bridgehead atoms. The molecule has 110 valence electrons. The summed E-state index contributed by atoms with van der Waals surface area (Å²) in [6.45, 7) is 6.95. The summed E-state index contributed by atoms with van der Waals surface area (Å²) in [5.74, 6) is 1.77. The average molecular weight is 272 g/mol. The Morgan fingerprint density at radius 1 is 1.20 bits per heavy atom. The summed E-state index contributed by atoms with van der Waals surface area (Å²) in [7, 11) is 0. The highest BCUT2D eigenvalue weighted by molar-refractivity contribution is 5.59. The molecule has 0 saturated heterocycles. The van der Waals surface area contributed by atoms with Gasteiger partial charge in [0.1, 0.15) is 0 Å². The molecule has 0 aromatic heterocycles. The number of hydrogen-bond acceptors (Lipinski definition) is 2. The smallest absolute Gasteiger partial charge is 0.0418 e. The van der Waals surface area contributed by atoms with Crippen molar-refractivity contribution in [3.63, 3.8) is 0 Å². The molecule has 3 unspecified atom stereocenters. The van der Waals surface area contributed by atoms with Gasteiger partial charge in [0.05, 0.1) is 0 Å². The van der Waals surface area contributed by atoms with Gasteiger partial charge in [-0.3, -0.25) is 0 Å². The number of para-hydroxylation sites is 1. The van der Waals surface area contributed by atoms with Crippen LogP contribution in [0.5, 0.6) is 0 Å². The molecule has 2 aliphatic rings. The number of anilines is 1. The van der Waals surface area contributed by atoms with E-state index in [0.29, 0.717) is 6.04 Å². The lowest BCUT2D eigenvalue weighted by Crippen LogP contribution is -2.36. The monoisotopic (exact) mass is 272 g/mol. The van der Waals surface area contributed by atoms with Crippen molar-refractivity contribution in [2.24, 2.45) is 11.8 Å². The third kappa shape index (κ3) is 3.01. The van der Waals surface area contributed by atoms with E-state index in [1.807, 2.05) is 0 Å². The minimum Gasteiger partial charge on any atom is -0.385 e. The minimum absolute atomic E-state index is 0.709. The van der Waals surface area contributed by atoms with Crippen LogP contribution in [0.25, 0.3) is 0 Å². The SMILES string of the molecule is CC1CCC(NCc2cccc3c2NCCC3)CC1C. The van der Waals surface area contributed by atoms with Crippen molar-refractivity contribution in [2.75, 3.05) is 11.9 Å². The molecular formula is C18H28N2. The predicted octanol–water partition coefficient (Wildman–Crippen LogP) is 3.96. The molecule has 1 saturated carbocycles. The van der Waals surface area contributed by atoms with Crippen LogP contribution in [0.2, 0.25) is 0 Å². The maximum Gasteiger partial charge on any atom is 0.0418 e. The molecule has 3 rings (SSSR count). The van der Waals surface area contributed by atoms with E-state index in [9.17, 15) is 0 Å². The van der Waals surface area contributed by atoms with Crippen molar-refractivity contribution >= 4 is 5.69 Å². The Balaban J connectivity index is 1.61. The zero-order valence-electron chi connectivity index (χ0n) is 12.9. The van der Waals surface area contributed by atoms with Gasteiger partial charge in [-0.25, -0.2) is 0 Å². The highest BCUT2D eigenvalue weighted by Gasteiger charge is 2.24. The summed E-state index contributed by atoms with van der Waals surface area (Å²) in [6, 6.07) is 7.48. The molecule has 1 fully saturated rings. The average Bonchev–Trinajstić information content (AvgIpc) is 2.48. The molecule has 1 heterocycles. The molecule has 3 atom stereocenters.